The molecule has 21 heavy (non-hydrogen) atoms. The first-order chi connectivity index (χ1) is 10.3. The number of nitrogens with zero attached hydrogens (tertiary/aromatic N) is 1. The maximum absolute atomic E-state index is 5.98. The van der Waals surface area contributed by atoms with E-state index in [0.29, 0.717) is 12.3 Å². The van der Waals surface area contributed by atoms with E-state index in [2.05, 4.69) is 16.4 Å². The van der Waals surface area contributed by atoms with E-state index in [9.17, 15) is 0 Å². The second kappa shape index (κ2) is 5.81. The Bertz CT molecular complexity index is 771. The van der Waals surface area contributed by atoms with E-state index in [1.54, 1.807) is 13.3 Å². The van der Waals surface area contributed by atoms with Gasteiger partial charge in [-0.1, -0.05) is 24.3 Å². The highest BCUT2D eigenvalue weighted by Crippen LogP contribution is 2.28. The molecular weight excluding hydrogens is 262 g/mol. The molecule has 1 aromatic heterocycles. The number of pyridine rings is 1. The van der Waals surface area contributed by atoms with Gasteiger partial charge in [-0.3, -0.25) is 4.98 Å². The van der Waals surface area contributed by atoms with Crippen LogP contribution >= 0.6 is 0 Å². The Morgan fingerprint density at radius 1 is 1.14 bits per heavy atom. The molecule has 0 radical (unpaired) electrons. The smallest absolute Gasteiger partial charge is 0.0951 e. The number of benzene rings is 2. The number of aromatic nitrogens is 1. The molecule has 3 aromatic rings. The Kier molecular flexibility index (Phi) is 3.71. The summed E-state index contributed by atoms with van der Waals surface area (Å²) >= 11 is 0. The average Bonchev–Trinajstić information content (AvgIpc) is 2.49. The Balaban J connectivity index is 1.98. The fraction of sp³-hybridized carbons (Fsp3) is 0.118. The number of hydrogen-bond acceptors (Lipinski definition) is 4. The van der Waals surface area contributed by atoms with Crippen LogP contribution in [0.5, 0.6) is 0 Å². The van der Waals surface area contributed by atoms with E-state index in [-0.39, 0.29) is 0 Å². The van der Waals surface area contributed by atoms with E-state index in [1.165, 1.54) is 0 Å². The molecule has 0 saturated carbocycles. The Hall–Kier alpha value is -2.59. The van der Waals surface area contributed by atoms with Gasteiger partial charge in [0.25, 0.3) is 0 Å². The monoisotopic (exact) mass is 279 g/mol. The van der Waals surface area contributed by atoms with Crippen LogP contribution in [0.15, 0.2) is 54.7 Å². The van der Waals surface area contributed by atoms with Crippen LogP contribution in [-0.4, -0.2) is 12.1 Å². The molecule has 4 heteroatoms. The van der Waals surface area contributed by atoms with E-state index >= 15 is 0 Å². The van der Waals surface area contributed by atoms with E-state index in [4.69, 9.17) is 10.5 Å². The molecular formula is C17H17N3O. The minimum absolute atomic E-state index is 0.597. The molecule has 0 unspecified atom stereocenters. The normalized spacial score (nSPS) is 10.7. The van der Waals surface area contributed by atoms with Gasteiger partial charge in [-0.05, 0) is 29.8 Å². The SMILES string of the molecule is COCc1cccc(Nc2ccnc3c(N)cccc23)c1. The van der Waals surface area contributed by atoms with Crippen LogP contribution < -0.4 is 11.1 Å². The van der Waals surface area contributed by atoms with Crippen LogP contribution in [0.3, 0.4) is 0 Å². The van der Waals surface area contributed by atoms with Gasteiger partial charge >= 0.3 is 0 Å². The minimum atomic E-state index is 0.597. The first-order valence-electron chi connectivity index (χ1n) is 6.76. The standard InChI is InChI=1S/C17H17N3O/c1-21-11-12-4-2-5-13(10-12)20-16-8-9-19-17-14(16)6-3-7-15(17)18/h2-10H,11,18H2,1H3,(H,19,20). The second-order valence-electron chi connectivity index (χ2n) is 4.86. The van der Waals surface area contributed by atoms with Gasteiger partial charge in [0.1, 0.15) is 0 Å². The van der Waals surface area contributed by atoms with Crippen molar-refractivity contribution >= 4 is 28.0 Å². The molecule has 0 aliphatic rings. The van der Waals surface area contributed by atoms with Gasteiger partial charge in [-0.15, -0.1) is 0 Å². The lowest BCUT2D eigenvalue weighted by atomic mass is 10.1. The highest BCUT2D eigenvalue weighted by molar-refractivity contribution is 5.98. The van der Waals surface area contributed by atoms with Crippen molar-refractivity contribution in [1.29, 1.82) is 0 Å². The first kappa shape index (κ1) is 13.4. The van der Waals surface area contributed by atoms with Gasteiger partial charge in [0, 0.05) is 30.1 Å². The predicted octanol–water partition coefficient (Wildman–Crippen LogP) is 3.71. The molecule has 106 valence electrons. The second-order valence-corrected chi connectivity index (χ2v) is 4.86. The maximum Gasteiger partial charge on any atom is 0.0951 e. The molecule has 0 atom stereocenters. The largest absolute Gasteiger partial charge is 0.397 e. The number of fused-ring (bicyclic) bond motifs is 1. The van der Waals surface area contributed by atoms with Crippen molar-refractivity contribution in [3.63, 3.8) is 0 Å². The lowest BCUT2D eigenvalue weighted by Gasteiger charge is -2.11. The third-order valence-corrected chi connectivity index (χ3v) is 3.32. The number of hydrogen-bond donors (Lipinski definition) is 2. The first-order valence-corrected chi connectivity index (χ1v) is 6.76. The summed E-state index contributed by atoms with van der Waals surface area (Å²) in [6.45, 7) is 0.597. The molecule has 3 rings (SSSR count). The van der Waals surface area contributed by atoms with Crippen LogP contribution in [0.2, 0.25) is 0 Å². The molecule has 0 spiro atoms. The summed E-state index contributed by atoms with van der Waals surface area (Å²) in [7, 11) is 1.69. The number of rotatable bonds is 4. The van der Waals surface area contributed by atoms with Gasteiger partial charge in [0.15, 0.2) is 0 Å². The third-order valence-electron chi connectivity index (χ3n) is 3.32. The van der Waals surface area contributed by atoms with Crippen molar-refractivity contribution in [2.75, 3.05) is 18.2 Å². The minimum Gasteiger partial charge on any atom is -0.397 e. The molecule has 0 aliphatic carbocycles. The zero-order chi connectivity index (χ0) is 14.7. The van der Waals surface area contributed by atoms with Crippen molar-refractivity contribution in [3.05, 3.63) is 60.3 Å². The zero-order valence-electron chi connectivity index (χ0n) is 11.8. The van der Waals surface area contributed by atoms with Crippen molar-refractivity contribution < 1.29 is 4.74 Å². The number of nitrogens with one attached hydrogen (secondary N) is 1. The molecule has 1 heterocycles. The number of nitrogens with two attached hydrogens (primary N) is 1. The summed E-state index contributed by atoms with van der Waals surface area (Å²) in [5.41, 5.74) is 10.6. The summed E-state index contributed by atoms with van der Waals surface area (Å²) in [6.07, 6.45) is 1.76. The molecule has 0 fully saturated rings. The van der Waals surface area contributed by atoms with Crippen LogP contribution in [-0.2, 0) is 11.3 Å². The highest BCUT2D eigenvalue weighted by atomic mass is 16.5. The molecule has 0 bridgehead atoms. The van der Waals surface area contributed by atoms with Gasteiger partial charge in [0.05, 0.1) is 17.8 Å². The van der Waals surface area contributed by atoms with Crippen molar-refractivity contribution in [3.8, 4) is 0 Å². The van der Waals surface area contributed by atoms with E-state index < -0.39 is 0 Å². The van der Waals surface area contributed by atoms with E-state index in [0.717, 1.165) is 27.8 Å². The Labute approximate surface area is 123 Å². The van der Waals surface area contributed by atoms with Crippen molar-refractivity contribution in [1.82, 2.24) is 4.98 Å². The number of nitrogen functional groups attached to an aromatic ring is 1. The summed E-state index contributed by atoms with van der Waals surface area (Å²) in [5.74, 6) is 0. The quantitative estimate of drug-likeness (QED) is 0.715. The zero-order valence-corrected chi connectivity index (χ0v) is 11.8. The van der Waals surface area contributed by atoms with Gasteiger partial charge < -0.3 is 15.8 Å². The summed E-state index contributed by atoms with van der Waals surface area (Å²) in [5, 5.41) is 4.43. The number of methoxy groups -OCH3 is 1. The predicted molar refractivity (Wildman–Crippen MR) is 86.6 cm³/mol. The van der Waals surface area contributed by atoms with Crippen LogP contribution in [0.25, 0.3) is 10.9 Å². The average molecular weight is 279 g/mol. The fourth-order valence-electron chi connectivity index (χ4n) is 2.37. The highest BCUT2D eigenvalue weighted by Gasteiger charge is 2.05. The van der Waals surface area contributed by atoms with Gasteiger partial charge in [-0.2, -0.15) is 0 Å². The number of ether oxygens (including phenoxy) is 1. The van der Waals surface area contributed by atoms with Crippen LogP contribution in [0.4, 0.5) is 17.1 Å². The number of para-hydroxylation sites is 1. The third kappa shape index (κ3) is 2.80. The van der Waals surface area contributed by atoms with Crippen molar-refractivity contribution in [2.45, 2.75) is 6.61 Å². The Morgan fingerprint density at radius 3 is 2.86 bits per heavy atom. The summed E-state index contributed by atoms with van der Waals surface area (Å²) in [4.78, 5) is 4.35. The molecule has 4 nitrogen and oxygen atoms in total. The molecule has 0 aliphatic heterocycles. The summed E-state index contributed by atoms with van der Waals surface area (Å²) in [6, 6.07) is 15.9. The van der Waals surface area contributed by atoms with Gasteiger partial charge in [0.2, 0.25) is 0 Å². The fourth-order valence-corrected chi connectivity index (χ4v) is 2.37. The van der Waals surface area contributed by atoms with Crippen molar-refractivity contribution in [2.24, 2.45) is 0 Å². The molecule has 2 aromatic carbocycles. The maximum atomic E-state index is 5.98. The lowest BCUT2D eigenvalue weighted by molar-refractivity contribution is 0.185. The lowest BCUT2D eigenvalue weighted by Crippen LogP contribution is -1.96. The topological polar surface area (TPSA) is 60.2 Å². The number of anilines is 3. The van der Waals surface area contributed by atoms with E-state index in [1.807, 2.05) is 42.5 Å². The Morgan fingerprint density at radius 2 is 2.00 bits per heavy atom. The molecule has 0 amide bonds. The van der Waals surface area contributed by atoms with Crippen LogP contribution in [0, 0.1) is 0 Å². The van der Waals surface area contributed by atoms with Gasteiger partial charge in [-0.25, -0.2) is 0 Å². The molecule has 0 saturated heterocycles. The van der Waals surface area contributed by atoms with Crippen LogP contribution in [0.1, 0.15) is 5.56 Å². The molecule has 3 N–H and O–H groups in total. The summed E-state index contributed by atoms with van der Waals surface area (Å²) < 4.78 is 5.16.